The van der Waals surface area contributed by atoms with Crippen molar-refractivity contribution in [2.75, 3.05) is 13.7 Å². The molecular formula is C22H21F3O9S. The highest BCUT2D eigenvalue weighted by Gasteiger charge is 2.58. The fourth-order valence-electron chi connectivity index (χ4n) is 3.72. The molecule has 0 aliphatic carbocycles. The van der Waals surface area contributed by atoms with Crippen LogP contribution in [-0.2, 0) is 38.0 Å². The minimum absolute atomic E-state index is 0.0774. The second-order valence-electron chi connectivity index (χ2n) is 7.65. The lowest BCUT2D eigenvalue weighted by atomic mass is 9.97. The van der Waals surface area contributed by atoms with Crippen LogP contribution in [0.1, 0.15) is 22.2 Å². The van der Waals surface area contributed by atoms with Gasteiger partial charge in [-0.15, -0.1) is 0 Å². The van der Waals surface area contributed by atoms with Crippen LogP contribution in [0.15, 0.2) is 60.7 Å². The van der Waals surface area contributed by atoms with Crippen molar-refractivity contribution in [3.63, 3.8) is 0 Å². The van der Waals surface area contributed by atoms with E-state index in [0.29, 0.717) is 5.56 Å². The first-order valence-electron chi connectivity index (χ1n) is 10.4. The number of hydrogen-bond donors (Lipinski definition) is 0. The van der Waals surface area contributed by atoms with E-state index in [0.717, 1.165) is 7.11 Å². The Morgan fingerprint density at radius 3 is 2.20 bits per heavy atom. The zero-order valence-corrected chi connectivity index (χ0v) is 19.0. The molecule has 0 aromatic heterocycles. The van der Waals surface area contributed by atoms with Gasteiger partial charge < -0.3 is 23.7 Å². The topological polar surface area (TPSA) is 107 Å². The number of carbonyl (C=O) groups is 1. The standard InChI is InChI=1S/C22H21F3O9S/c1-29-21-18(34-35(27,28)22(23,24)25)17(32-19(26)13-8-4-2-5-9-13)16-15(31-21)12-30-20(33-16)14-10-6-3-7-11-14/h2-11,15-18,20-21H,12H2,1H3/t15-,16-,17+,18+,20-,21+/m1/s1. The Balaban J connectivity index is 1.69. The molecule has 0 amide bonds. The van der Waals surface area contributed by atoms with Crippen LogP contribution in [-0.4, -0.2) is 64.3 Å². The summed E-state index contributed by atoms with van der Waals surface area (Å²) in [5.74, 6) is -0.935. The molecule has 2 saturated heterocycles. The van der Waals surface area contributed by atoms with E-state index in [4.69, 9.17) is 23.7 Å². The summed E-state index contributed by atoms with van der Waals surface area (Å²) in [5, 5.41) is 0. The van der Waals surface area contributed by atoms with Gasteiger partial charge >= 0.3 is 21.6 Å². The van der Waals surface area contributed by atoms with Gasteiger partial charge in [-0.2, -0.15) is 21.6 Å². The fourth-order valence-corrected chi connectivity index (χ4v) is 4.32. The average Bonchev–Trinajstić information content (AvgIpc) is 2.85. The van der Waals surface area contributed by atoms with E-state index in [1.54, 1.807) is 48.5 Å². The molecule has 2 aliphatic heterocycles. The first-order chi connectivity index (χ1) is 16.6. The molecule has 2 heterocycles. The number of benzene rings is 2. The highest BCUT2D eigenvalue weighted by molar-refractivity contribution is 7.87. The third-order valence-electron chi connectivity index (χ3n) is 5.36. The van der Waals surface area contributed by atoms with Crippen molar-refractivity contribution in [2.24, 2.45) is 0 Å². The number of hydrogen-bond acceptors (Lipinski definition) is 9. The number of alkyl halides is 3. The van der Waals surface area contributed by atoms with Gasteiger partial charge in [0, 0.05) is 12.7 Å². The van der Waals surface area contributed by atoms with Crippen molar-refractivity contribution in [3.8, 4) is 0 Å². The lowest BCUT2D eigenvalue weighted by Crippen LogP contribution is -2.64. The van der Waals surface area contributed by atoms with E-state index in [9.17, 15) is 26.4 Å². The van der Waals surface area contributed by atoms with E-state index in [1.807, 2.05) is 0 Å². The Kier molecular flexibility index (Phi) is 7.45. The fraction of sp³-hybridized carbons (Fsp3) is 0.409. The van der Waals surface area contributed by atoms with Gasteiger partial charge in [-0.05, 0) is 12.1 Å². The van der Waals surface area contributed by atoms with E-state index in [-0.39, 0.29) is 12.2 Å². The summed E-state index contributed by atoms with van der Waals surface area (Å²) >= 11 is 0. The molecule has 2 aliphatic rings. The summed E-state index contributed by atoms with van der Waals surface area (Å²) in [4.78, 5) is 12.8. The summed E-state index contributed by atoms with van der Waals surface area (Å²) in [6.45, 7) is -0.109. The Hall–Kier alpha value is -2.55. The van der Waals surface area contributed by atoms with Crippen molar-refractivity contribution in [3.05, 3.63) is 71.8 Å². The van der Waals surface area contributed by atoms with Crippen LogP contribution in [0, 0.1) is 0 Å². The number of halogens is 3. The molecule has 0 saturated carbocycles. The predicted octanol–water partition coefficient (Wildman–Crippen LogP) is 2.93. The summed E-state index contributed by atoms with van der Waals surface area (Å²) in [5.41, 5.74) is -5.08. The van der Waals surface area contributed by atoms with Crippen LogP contribution >= 0.6 is 0 Å². The summed E-state index contributed by atoms with van der Waals surface area (Å²) in [6.07, 6.45) is -8.56. The molecule has 2 aromatic rings. The lowest BCUT2D eigenvalue weighted by Gasteiger charge is -2.47. The molecule has 13 heteroatoms. The smallest absolute Gasteiger partial charge is 0.453 e. The third kappa shape index (κ3) is 5.50. The normalized spacial score (nSPS) is 29.3. The Morgan fingerprint density at radius 1 is 0.971 bits per heavy atom. The molecule has 2 aromatic carbocycles. The van der Waals surface area contributed by atoms with Crippen LogP contribution in [0.2, 0.25) is 0 Å². The number of methoxy groups -OCH3 is 1. The minimum Gasteiger partial charge on any atom is -0.453 e. The number of carbonyl (C=O) groups excluding carboxylic acids is 1. The number of esters is 1. The molecule has 35 heavy (non-hydrogen) atoms. The first kappa shape index (κ1) is 25.5. The van der Waals surface area contributed by atoms with Gasteiger partial charge in [0.2, 0.25) is 0 Å². The Labute approximate surface area is 198 Å². The van der Waals surface area contributed by atoms with Crippen LogP contribution in [0.4, 0.5) is 13.2 Å². The monoisotopic (exact) mass is 518 g/mol. The van der Waals surface area contributed by atoms with Gasteiger partial charge in [0.1, 0.15) is 12.2 Å². The lowest BCUT2D eigenvalue weighted by molar-refractivity contribution is -0.354. The molecule has 9 nitrogen and oxygen atoms in total. The van der Waals surface area contributed by atoms with Crippen LogP contribution in [0.25, 0.3) is 0 Å². The van der Waals surface area contributed by atoms with Crippen LogP contribution < -0.4 is 0 Å². The van der Waals surface area contributed by atoms with Gasteiger partial charge in [0.05, 0.1) is 12.2 Å². The quantitative estimate of drug-likeness (QED) is 0.324. The van der Waals surface area contributed by atoms with Crippen molar-refractivity contribution >= 4 is 16.1 Å². The van der Waals surface area contributed by atoms with Gasteiger partial charge in [-0.3, -0.25) is 4.18 Å². The largest absolute Gasteiger partial charge is 0.523 e. The third-order valence-corrected chi connectivity index (χ3v) is 6.40. The molecule has 2 fully saturated rings. The second kappa shape index (κ2) is 10.2. The molecule has 6 atom stereocenters. The maximum Gasteiger partial charge on any atom is 0.523 e. The van der Waals surface area contributed by atoms with E-state index in [1.165, 1.54) is 12.1 Å². The average molecular weight is 518 g/mol. The summed E-state index contributed by atoms with van der Waals surface area (Å²) < 4.78 is 95.4. The van der Waals surface area contributed by atoms with E-state index in [2.05, 4.69) is 4.18 Å². The van der Waals surface area contributed by atoms with Crippen molar-refractivity contribution < 1.29 is 54.3 Å². The molecule has 190 valence electrons. The highest BCUT2D eigenvalue weighted by Crippen LogP contribution is 2.38. The predicted molar refractivity (Wildman–Crippen MR) is 111 cm³/mol. The minimum atomic E-state index is -6.12. The second-order valence-corrected chi connectivity index (χ2v) is 9.22. The number of fused-ring (bicyclic) bond motifs is 1. The maximum absolute atomic E-state index is 13.1. The van der Waals surface area contributed by atoms with E-state index >= 15 is 0 Å². The van der Waals surface area contributed by atoms with Crippen LogP contribution in [0.3, 0.4) is 0 Å². The summed E-state index contributed by atoms with van der Waals surface area (Å²) in [7, 11) is -5.04. The van der Waals surface area contributed by atoms with Crippen molar-refractivity contribution in [1.82, 2.24) is 0 Å². The molecular weight excluding hydrogens is 497 g/mol. The van der Waals surface area contributed by atoms with Crippen molar-refractivity contribution in [1.29, 1.82) is 0 Å². The SMILES string of the molecule is CO[C@H]1O[C@@H]2CO[C@@H](c3ccccc3)O[C@H]2[C@H](OC(=O)c2ccccc2)[C@@H]1OS(=O)(=O)C(F)(F)F. The highest BCUT2D eigenvalue weighted by atomic mass is 32.2. The Morgan fingerprint density at radius 2 is 1.60 bits per heavy atom. The summed E-state index contributed by atoms with van der Waals surface area (Å²) in [6, 6.07) is 16.2. The zero-order chi connectivity index (χ0) is 25.2. The van der Waals surface area contributed by atoms with Gasteiger partial charge in [-0.25, -0.2) is 4.79 Å². The molecule has 0 unspecified atom stereocenters. The maximum atomic E-state index is 13.1. The van der Waals surface area contributed by atoms with Gasteiger partial charge in [-0.1, -0.05) is 48.5 Å². The molecule has 0 radical (unpaired) electrons. The van der Waals surface area contributed by atoms with Crippen LogP contribution in [0.5, 0.6) is 0 Å². The van der Waals surface area contributed by atoms with Crippen molar-refractivity contribution in [2.45, 2.75) is 42.5 Å². The number of rotatable bonds is 6. The molecule has 0 N–H and O–H groups in total. The molecule has 4 rings (SSSR count). The first-order valence-corrected chi connectivity index (χ1v) is 11.8. The van der Waals surface area contributed by atoms with E-state index < -0.39 is 58.6 Å². The number of ether oxygens (including phenoxy) is 5. The molecule has 0 bridgehead atoms. The van der Waals surface area contributed by atoms with Gasteiger partial charge in [0.15, 0.2) is 24.8 Å². The van der Waals surface area contributed by atoms with Gasteiger partial charge in [0.25, 0.3) is 0 Å². The Bertz CT molecular complexity index is 1110. The molecule has 0 spiro atoms. The zero-order valence-electron chi connectivity index (χ0n) is 18.2.